The van der Waals surface area contributed by atoms with Crippen LogP contribution in [0.2, 0.25) is 0 Å². The molecule has 0 saturated heterocycles. The van der Waals surface area contributed by atoms with Crippen molar-refractivity contribution in [3.8, 4) is 0 Å². The Morgan fingerprint density at radius 3 is 2.03 bits per heavy atom. The van der Waals surface area contributed by atoms with Gasteiger partial charge in [-0.3, -0.25) is 4.79 Å². The number of carbonyl (C=O) groups excluding carboxylic acids is 1. The lowest BCUT2D eigenvalue weighted by Gasteiger charge is -2.49. The largest absolute Gasteiger partial charge is 0.485 e. The lowest BCUT2D eigenvalue weighted by Crippen LogP contribution is -2.55. The van der Waals surface area contributed by atoms with Crippen molar-refractivity contribution in [3.05, 3.63) is 0 Å². The van der Waals surface area contributed by atoms with E-state index < -0.39 is 0 Å². The summed E-state index contributed by atoms with van der Waals surface area (Å²) in [5.41, 5.74) is 6.63. The molecule has 6 heteroatoms. The minimum atomic E-state index is -0.295. The number of nitrogens with two attached hydrogens (primary N) is 1. The van der Waals surface area contributed by atoms with E-state index in [-0.39, 0.29) is 28.2 Å². The quantitative estimate of drug-likeness (QED) is 0.126. The molecule has 3 unspecified atom stereocenters. The summed E-state index contributed by atoms with van der Waals surface area (Å²) in [6, 6.07) is -0.166. The summed E-state index contributed by atoms with van der Waals surface area (Å²) in [6.07, 6.45) is 20.5. The van der Waals surface area contributed by atoms with Crippen molar-refractivity contribution < 1.29 is 9.53 Å². The molecule has 0 bridgehead atoms. The molecule has 0 aromatic rings. The summed E-state index contributed by atoms with van der Waals surface area (Å²) < 4.78 is 5.96. The monoisotopic (exact) mass is 542 g/mol. The number of carbonyl (C=O) groups is 1. The van der Waals surface area contributed by atoms with E-state index in [1.165, 1.54) is 88.8 Å². The van der Waals surface area contributed by atoms with E-state index in [2.05, 4.69) is 39.9 Å². The van der Waals surface area contributed by atoms with Crippen molar-refractivity contribution in [2.45, 2.75) is 156 Å². The number of rotatable bonds is 19. The molecule has 1 saturated carbocycles. The van der Waals surface area contributed by atoms with E-state index in [9.17, 15) is 4.79 Å². The highest BCUT2D eigenvalue weighted by Crippen LogP contribution is 2.48. The van der Waals surface area contributed by atoms with Gasteiger partial charge in [-0.2, -0.15) is 0 Å². The number of hydrogen-bond acceptors (Lipinski definition) is 5. The number of ether oxygens (including phenoxy) is 1. The van der Waals surface area contributed by atoms with Gasteiger partial charge < -0.3 is 15.8 Å². The van der Waals surface area contributed by atoms with Gasteiger partial charge in [-0.05, 0) is 55.2 Å². The first-order valence-corrected chi connectivity index (χ1v) is 16.4. The molecular weight excluding hydrogens is 484 g/mol. The summed E-state index contributed by atoms with van der Waals surface area (Å²) >= 11 is 7.09. The van der Waals surface area contributed by atoms with Crippen LogP contribution in [-0.4, -0.2) is 34.7 Å². The van der Waals surface area contributed by atoms with E-state index in [0.717, 1.165) is 37.9 Å². The standard InChI is InChI=1S/C30H58N2O2S2/c1-6-8-10-12-14-16-18-20-34-27(35)26(31)30(5)23-25(22-29(3,4)24-30)32-28(33)36-21-19-17-15-13-11-9-7-2/h25-26H,6-24,31H2,1-5H3,(H,32,33). The third-order valence-corrected chi connectivity index (χ3v) is 8.94. The Morgan fingerprint density at radius 2 is 1.44 bits per heavy atom. The fourth-order valence-electron chi connectivity index (χ4n) is 5.92. The van der Waals surface area contributed by atoms with Crippen LogP contribution in [0.5, 0.6) is 0 Å². The third kappa shape index (κ3) is 14.6. The van der Waals surface area contributed by atoms with Gasteiger partial charge in [0.1, 0.15) is 0 Å². The van der Waals surface area contributed by atoms with Gasteiger partial charge in [0, 0.05) is 11.8 Å². The SMILES string of the molecule is CCCCCCCCCOC(=S)C(N)C1(C)CC(NC(=O)SCCCCCCCCC)CC(C)(C)C1. The molecule has 0 aromatic carbocycles. The van der Waals surface area contributed by atoms with Gasteiger partial charge in [-0.25, -0.2) is 0 Å². The predicted octanol–water partition coefficient (Wildman–Crippen LogP) is 9.19. The Kier molecular flexibility index (Phi) is 17.6. The molecule has 0 heterocycles. The van der Waals surface area contributed by atoms with E-state index in [4.69, 9.17) is 22.7 Å². The number of amides is 1. The second-order valence-corrected chi connectivity index (χ2v) is 13.7. The van der Waals surface area contributed by atoms with Crippen LogP contribution in [0, 0.1) is 10.8 Å². The lowest BCUT2D eigenvalue weighted by molar-refractivity contribution is 0.0642. The highest BCUT2D eigenvalue weighted by Gasteiger charge is 2.46. The maximum absolute atomic E-state index is 12.7. The second-order valence-electron chi connectivity index (χ2n) is 12.3. The van der Waals surface area contributed by atoms with Crippen LogP contribution in [0.1, 0.15) is 144 Å². The summed E-state index contributed by atoms with van der Waals surface area (Å²) in [7, 11) is 0. The third-order valence-electron chi connectivity index (χ3n) is 7.69. The Morgan fingerprint density at radius 1 is 0.917 bits per heavy atom. The van der Waals surface area contributed by atoms with Crippen LogP contribution in [0.15, 0.2) is 0 Å². The molecule has 1 fully saturated rings. The highest BCUT2D eigenvalue weighted by molar-refractivity contribution is 8.13. The van der Waals surface area contributed by atoms with Gasteiger partial charge in [0.25, 0.3) is 5.24 Å². The normalized spacial score (nSPS) is 22.2. The van der Waals surface area contributed by atoms with Gasteiger partial charge in [0.15, 0.2) is 5.05 Å². The van der Waals surface area contributed by atoms with Gasteiger partial charge in [-0.1, -0.05) is 123 Å². The number of nitrogens with one attached hydrogen (secondary N) is 1. The topological polar surface area (TPSA) is 64.3 Å². The molecule has 0 spiro atoms. The zero-order chi connectivity index (χ0) is 26.9. The maximum Gasteiger partial charge on any atom is 0.279 e. The molecule has 1 aliphatic rings. The summed E-state index contributed by atoms with van der Waals surface area (Å²) in [5, 5.41) is 3.96. The molecule has 0 aromatic heterocycles. The van der Waals surface area contributed by atoms with Crippen molar-refractivity contribution in [1.29, 1.82) is 0 Å². The molecule has 0 aliphatic heterocycles. The maximum atomic E-state index is 12.7. The zero-order valence-corrected chi connectivity index (χ0v) is 25.9. The molecule has 212 valence electrons. The highest BCUT2D eigenvalue weighted by atomic mass is 32.2. The van der Waals surface area contributed by atoms with E-state index >= 15 is 0 Å². The van der Waals surface area contributed by atoms with Crippen molar-refractivity contribution in [2.24, 2.45) is 16.6 Å². The summed E-state index contributed by atoms with van der Waals surface area (Å²) in [4.78, 5) is 12.7. The fraction of sp³-hybridized carbons (Fsp3) is 0.933. The van der Waals surface area contributed by atoms with Gasteiger partial charge in [0.05, 0.1) is 12.6 Å². The first kappa shape index (κ1) is 33.7. The van der Waals surface area contributed by atoms with Gasteiger partial charge in [-0.15, -0.1) is 0 Å². The van der Waals surface area contributed by atoms with E-state index in [1.54, 1.807) is 0 Å². The first-order valence-electron chi connectivity index (χ1n) is 15.0. The molecule has 1 amide bonds. The summed E-state index contributed by atoms with van der Waals surface area (Å²) in [6.45, 7) is 12.0. The number of thioether (sulfide) groups is 1. The molecule has 36 heavy (non-hydrogen) atoms. The Bertz CT molecular complexity index is 614. The van der Waals surface area contributed by atoms with Gasteiger partial charge in [0.2, 0.25) is 0 Å². The minimum absolute atomic E-state index is 0.0970. The van der Waals surface area contributed by atoms with Gasteiger partial charge >= 0.3 is 0 Å². The zero-order valence-electron chi connectivity index (χ0n) is 24.3. The van der Waals surface area contributed by atoms with Crippen molar-refractivity contribution >= 4 is 34.3 Å². The Balaban J connectivity index is 2.40. The smallest absolute Gasteiger partial charge is 0.279 e. The molecule has 1 rings (SSSR count). The average molecular weight is 543 g/mol. The number of hydrogen-bond donors (Lipinski definition) is 2. The minimum Gasteiger partial charge on any atom is -0.485 e. The number of thiocarbonyl (C=S) groups is 1. The molecule has 1 aliphatic carbocycles. The second kappa shape index (κ2) is 18.8. The van der Waals surface area contributed by atoms with Crippen LogP contribution in [-0.2, 0) is 4.74 Å². The van der Waals surface area contributed by atoms with Crippen LogP contribution >= 0.6 is 24.0 Å². The molecule has 3 atom stereocenters. The fourth-order valence-corrected chi connectivity index (χ4v) is 7.07. The predicted molar refractivity (Wildman–Crippen MR) is 163 cm³/mol. The lowest BCUT2D eigenvalue weighted by atomic mass is 9.60. The molecule has 3 N–H and O–H groups in total. The van der Waals surface area contributed by atoms with Crippen LogP contribution in [0.4, 0.5) is 4.79 Å². The molecular formula is C30H58N2O2S2. The van der Waals surface area contributed by atoms with Crippen LogP contribution in [0.3, 0.4) is 0 Å². The summed E-state index contributed by atoms with van der Waals surface area (Å²) in [5.74, 6) is 0.906. The van der Waals surface area contributed by atoms with Crippen molar-refractivity contribution in [3.63, 3.8) is 0 Å². The Labute approximate surface area is 233 Å². The molecule has 4 nitrogen and oxygen atoms in total. The first-order chi connectivity index (χ1) is 17.1. The van der Waals surface area contributed by atoms with E-state index in [0.29, 0.717) is 11.7 Å². The van der Waals surface area contributed by atoms with Crippen molar-refractivity contribution in [1.82, 2.24) is 5.32 Å². The molecule has 0 radical (unpaired) electrons. The van der Waals surface area contributed by atoms with Crippen LogP contribution < -0.4 is 11.1 Å². The van der Waals surface area contributed by atoms with Crippen molar-refractivity contribution in [2.75, 3.05) is 12.4 Å². The average Bonchev–Trinajstić information content (AvgIpc) is 2.80. The Hall–Kier alpha value is -0.330. The van der Waals surface area contributed by atoms with Crippen LogP contribution in [0.25, 0.3) is 0 Å². The van der Waals surface area contributed by atoms with E-state index in [1.807, 2.05) is 0 Å². The number of unbranched alkanes of at least 4 members (excludes halogenated alkanes) is 12.